The Bertz CT molecular complexity index is 1230. The fourth-order valence-corrected chi connectivity index (χ4v) is 5.82. The van der Waals surface area contributed by atoms with Crippen molar-refractivity contribution in [3.8, 4) is 5.75 Å². The van der Waals surface area contributed by atoms with Crippen molar-refractivity contribution in [3.05, 3.63) is 52.6 Å². The third-order valence-electron chi connectivity index (χ3n) is 6.51. The van der Waals surface area contributed by atoms with Crippen molar-refractivity contribution in [2.45, 2.75) is 32.7 Å². The van der Waals surface area contributed by atoms with Crippen molar-refractivity contribution in [1.29, 1.82) is 0 Å². The average molecular weight is 519 g/mol. The predicted molar refractivity (Wildman–Crippen MR) is 138 cm³/mol. The Labute approximate surface area is 212 Å². The highest BCUT2D eigenvalue weighted by Gasteiger charge is 2.27. The summed E-state index contributed by atoms with van der Waals surface area (Å²) in [7, 11) is 0.483. The molecule has 1 aromatic heterocycles. The monoisotopic (exact) mass is 518 g/mol. The molecular formula is C25H34N4O6S. The average Bonchev–Trinajstić information content (AvgIpc) is 3.14. The molecule has 1 aliphatic rings. The zero-order valence-electron chi connectivity index (χ0n) is 21.1. The van der Waals surface area contributed by atoms with Crippen molar-refractivity contribution < 1.29 is 28.1 Å². The van der Waals surface area contributed by atoms with Crippen LogP contribution >= 0.6 is 10.8 Å². The number of ether oxygens (including phenoxy) is 3. The third-order valence-corrected chi connectivity index (χ3v) is 8.36. The number of hydrogen-bond donors (Lipinski definition) is 2. The second-order valence-corrected chi connectivity index (χ2v) is 11.1. The van der Waals surface area contributed by atoms with Crippen molar-refractivity contribution in [2.75, 3.05) is 39.2 Å². The third kappa shape index (κ3) is 5.65. The maximum atomic E-state index is 12.6. The lowest BCUT2D eigenvalue weighted by Crippen LogP contribution is -2.30. The first-order valence-corrected chi connectivity index (χ1v) is 13.6. The van der Waals surface area contributed by atoms with Gasteiger partial charge in [0.15, 0.2) is 0 Å². The lowest BCUT2D eigenvalue weighted by Gasteiger charge is -2.41. The highest BCUT2D eigenvalue weighted by atomic mass is 32.3. The van der Waals surface area contributed by atoms with Gasteiger partial charge < -0.3 is 14.2 Å². The second-order valence-electron chi connectivity index (χ2n) is 8.86. The molecule has 2 aromatic carbocycles. The number of methoxy groups -OCH3 is 1. The molecule has 4 rings (SSSR count). The predicted octanol–water partition coefficient (Wildman–Crippen LogP) is 3.87. The fourth-order valence-electron chi connectivity index (χ4n) is 4.51. The number of nitrogens with zero attached hydrogens (tertiary/aromatic N) is 4. The van der Waals surface area contributed by atoms with Gasteiger partial charge in [0.25, 0.3) is 0 Å². The topological polar surface area (TPSA) is 119 Å². The molecule has 11 heteroatoms. The number of benzene rings is 2. The Morgan fingerprint density at radius 2 is 2.03 bits per heavy atom. The number of carbonyl (C=O) groups is 1. The van der Waals surface area contributed by atoms with Crippen molar-refractivity contribution in [1.82, 2.24) is 19.3 Å². The van der Waals surface area contributed by atoms with Crippen molar-refractivity contribution in [3.63, 3.8) is 0 Å². The summed E-state index contributed by atoms with van der Waals surface area (Å²) in [6.45, 7) is 5.64. The molecule has 2 heterocycles. The van der Waals surface area contributed by atoms with E-state index in [-0.39, 0.29) is 24.1 Å². The maximum absolute atomic E-state index is 12.6. The molecule has 0 spiro atoms. The molecule has 1 aliphatic heterocycles. The van der Waals surface area contributed by atoms with Crippen molar-refractivity contribution in [2.24, 2.45) is 7.05 Å². The van der Waals surface area contributed by atoms with Crippen LogP contribution < -0.4 is 4.74 Å². The number of aryl methyl sites for hydroxylation is 2. The van der Waals surface area contributed by atoms with Crippen LogP contribution in [0.1, 0.15) is 41.5 Å². The van der Waals surface area contributed by atoms with E-state index < -0.39 is 10.8 Å². The lowest BCUT2D eigenvalue weighted by molar-refractivity contribution is -0.143. The Kier molecular flexibility index (Phi) is 8.16. The highest BCUT2D eigenvalue weighted by molar-refractivity contribution is 8.22. The minimum Gasteiger partial charge on any atom is -0.494 e. The molecule has 1 atom stereocenters. The van der Waals surface area contributed by atoms with E-state index in [9.17, 15) is 13.9 Å². The van der Waals surface area contributed by atoms with E-state index in [2.05, 4.69) is 10.3 Å². The number of esters is 1. The molecule has 3 aromatic rings. The molecule has 0 radical (unpaired) electrons. The summed E-state index contributed by atoms with van der Waals surface area (Å²) in [6, 6.07) is 9.88. The van der Waals surface area contributed by atoms with Gasteiger partial charge in [0.2, 0.25) is 0 Å². The first-order valence-electron chi connectivity index (χ1n) is 11.9. The van der Waals surface area contributed by atoms with Gasteiger partial charge in [-0.15, -0.1) is 15.9 Å². The SMILES string of the molecule is CCOC(=O)CC(c1ccc(C)c(CN2CCOCCS2(O)O)c1)c1cc(OC)c2c(c1)nnn2C. The van der Waals surface area contributed by atoms with Crippen molar-refractivity contribution >= 4 is 27.8 Å². The summed E-state index contributed by atoms with van der Waals surface area (Å²) in [4.78, 5) is 12.6. The van der Waals surface area contributed by atoms with Gasteiger partial charge in [-0.1, -0.05) is 23.4 Å². The minimum absolute atomic E-state index is 0.137. The molecule has 1 unspecified atom stereocenters. The Morgan fingerprint density at radius 3 is 2.78 bits per heavy atom. The molecule has 0 bridgehead atoms. The molecular weight excluding hydrogens is 484 g/mol. The fraction of sp³-hybridized carbons (Fsp3) is 0.480. The zero-order valence-corrected chi connectivity index (χ0v) is 22.0. The lowest BCUT2D eigenvalue weighted by atomic mass is 9.86. The zero-order chi connectivity index (χ0) is 25.9. The molecule has 1 fully saturated rings. The molecule has 0 amide bonds. The van der Waals surface area contributed by atoms with Gasteiger partial charge in [0, 0.05) is 26.1 Å². The van der Waals surface area contributed by atoms with Gasteiger partial charge in [0.1, 0.15) is 16.8 Å². The molecule has 0 aliphatic carbocycles. The summed E-state index contributed by atoms with van der Waals surface area (Å²) in [5.41, 5.74) is 5.19. The largest absolute Gasteiger partial charge is 0.494 e. The summed E-state index contributed by atoms with van der Waals surface area (Å²) >= 11 is 0. The smallest absolute Gasteiger partial charge is 0.306 e. The van der Waals surface area contributed by atoms with Crippen LogP contribution in [0.4, 0.5) is 0 Å². The first kappa shape index (κ1) is 26.4. The number of rotatable bonds is 8. The van der Waals surface area contributed by atoms with Gasteiger partial charge in [-0.25, -0.2) is 4.68 Å². The van der Waals surface area contributed by atoms with Gasteiger partial charge in [-0.2, -0.15) is 4.31 Å². The highest BCUT2D eigenvalue weighted by Crippen LogP contribution is 2.45. The van der Waals surface area contributed by atoms with Crippen LogP contribution in [0.25, 0.3) is 11.0 Å². The number of hydrogen-bond acceptors (Lipinski definition) is 9. The quantitative estimate of drug-likeness (QED) is 0.428. The van der Waals surface area contributed by atoms with Gasteiger partial charge in [-0.3, -0.25) is 13.9 Å². The van der Waals surface area contributed by atoms with E-state index in [1.807, 2.05) is 37.3 Å². The van der Waals surface area contributed by atoms with Crippen LogP contribution in [0.15, 0.2) is 30.3 Å². The molecule has 0 saturated carbocycles. The maximum Gasteiger partial charge on any atom is 0.306 e. The van der Waals surface area contributed by atoms with E-state index >= 15 is 0 Å². The molecule has 196 valence electrons. The van der Waals surface area contributed by atoms with Crippen LogP contribution in [0.2, 0.25) is 0 Å². The Morgan fingerprint density at radius 1 is 1.22 bits per heavy atom. The van der Waals surface area contributed by atoms with Gasteiger partial charge in [-0.05, 0) is 48.2 Å². The summed E-state index contributed by atoms with van der Waals surface area (Å²) in [6.07, 6.45) is 0.137. The normalized spacial score (nSPS) is 17.9. The molecule has 36 heavy (non-hydrogen) atoms. The number of fused-ring (bicyclic) bond motifs is 1. The van der Waals surface area contributed by atoms with E-state index in [0.29, 0.717) is 44.2 Å². The van der Waals surface area contributed by atoms with Crippen LogP contribution in [0.3, 0.4) is 0 Å². The summed E-state index contributed by atoms with van der Waals surface area (Å²) in [5, 5.41) is 8.37. The molecule has 10 nitrogen and oxygen atoms in total. The number of aromatic nitrogens is 3. The van der Waals surface area contributed by atoms with Gasteiger partial charge in [0.05, 0.1) is 39.1 Å². The van der Waals surface area contributed by atoms with E-state index in [4.69, 9.17) is 14.2 Å². The summed E-state index contributed by atoms with van der Waals surface area (Å²) in [5.74, 6) is 0.183. The molecule has 2 N–H and O–H groups in total. The van der Waals surface area contributed by atoms with Crippen LogP contribution in [-0.2, 0) is 27.9 Å². The van der Waals surface area contributed by atoms with Crippen LogP contribution in [0.5, 0.6) is 5.75 Å². The Hall–Kier alpha value is -2.70. The Balaban J connectivity index is 1.75. The first-order chi connectivity index (χ1) is 17.2. The van der Waals surface area contributed by atoms with E-state index in [1.165, 1.54) is 0 Å². The summed E-state index contributed by atoms with van der Waals surface area (Å²) < 4.78 is 41.1. The standard InChI is InChI=1S/C25H34N4O6S/c1-5-35-24(30)15-21(19-13-22-25(23(14-19)33-4)28(3)27-26-22)18-7-6-17(2)20(12-18)16-29-8-9-34-10-11-36(29,31)32/h6-7,12-14,21,31-32H,5,8-11,15-16H2,1-4H3. The van der Waals surface area contributed by atoms with Crippen LogP contribution in [-0.4, -0.2) is 73.6 Å². The second kappa shape index (κ2) is 11.1. The van der Waals surface area contributed by atoms with E-state index in [1.54, 1.807) is 30.1 Å². The van der Waals surface area contributed by atoms with E-state index in [0.717, 1.165) is 27.8 Å². The molecule has 1 saturated heterocycles. The number of carbonyl (C=O) groups excluding carboxylic acids is 1. The van der Waals surface area contributed by atoms with Gasteiger partial charge >= 0.3 is 5.97 Å². The van der Waals surface area contributed by atoms with Crippen LogP contribution in [0, 0.1) is 6.92 Å². The minimum atomic E-state index is -2.92.